The highest BCUT2D eigenvalue weighted by molar-refractivity contribution is 7.87. The highest BCUT2D eigenvalue weighted by Crippen LogP contribution is 2.44. The summed E-state index contributed by atoms with van der Waals surface area (Å²) in [5.74, 6) is -3.15. The molecule has 2 aliphatic rings. The van der Waals surface area contributed by atoms with Crippen LogP contribution in [0, 0.1) is 0 Å². The zero-order valence-corrected chi connectivity index (χ0v) is 18.6. The Morgan fingerprint density at radius 2 is 1.59 bits per heavy atom. The molecule has 13 heteroatoms. The maximum absolute atomic E-state index is 12.9. The molecule has 2 saturated heterocycles. The average molecular weight is 486 g/mol. The van der Waals surface area contributed by atoms with Crippen molar-refractivity contribution < 1.29 is 54.2 Å². The van der Waals surface area contributed by atoms with Crippen LogP contribution in [0.25, 0.3) is 0 Å². The fraction of sp³-hybridized carbons (Fsp3) is 0.684. The van der Waals surface area contributed by atoms with Crippen molar-refractivity contribution in [3.8, 4) is 0 Å². The van der Waals surface area contributed by atoms with Crippen LogP contribution in [0.4, 0.5) is 13.2 Å². The lowest BCUT2D eigenvalue weighted by Gasteiger charge is -2.55. The van der Waals surface area contributed by atoms with Gasteiger partial charge in [-0.2, -0.15) is 21.6 Å². The van der Waals surface area contributed by atoms with E-state index >= 15 is 0 Å². The van der Waals surface area contributed by atoms with Crippen molar-refractivity contribution in [2.75, 3.05) is 20.8 Å². The van der Waals surface area contributed by atoms with E-state index < -0.39 is 58.4 Å². The third-order valence-corrected chi connectivity index (χ3v) is 6.57. The van der Waals surface area contributed by atoms with Crippen LogP contribution in [0.5, 0.6) is 0 Å². The van der Waals surface area contributed by atoms with Gasteiger partial charge in [-0.25, -0.2) is 0 Å². The van der Waals surface area contributed by atoms with Gasteiger partial charge < -0.3 is 28.4 Å². The molecule has 1 aromatic rings. The minimum Gasteiger partial charge on any atom is -0.349 e. The number of hydrogen-bond acceptors (Lipinski definition) is 9. The van der Waals surface area contributed by atoms with E-state index in [2.05, 4.69) is 4.18 Å². The molecule has 0 radical (unpaired) electrons. The number of benzene rings is 1. The maximum atomic E-state index is 12.9. The van der Waals surface area contributed by atoms with Crippen molar-refractivity contribution in [2.24, 2.45) is 0 Å². The normalized spacial score (nSPS) is 36.0. The molecular weight excluding hydrogens is 461 g/mol. The minimum atomic E-state index is -5.93. The molecule has 6 atom stereocenters. The summed E-state index contributed by atoms with van der Waals surface area (Å²) in [4.78, 5) is 0. The zero-order valence-electron chi connectivity index (χ0n) is 17.8. The minimum absolute atomic E-state index is 0.0930. The van der Waals surface area contributed by atoms with Gasteiger partial charge in [0.2, 0.25) is 11.6 Å². The molecular formula is C19H25F3O9S. The van der Waals surface area contributed by atoms with Crippen LogP contribution < -0.4 is 0 Å². The van der Waals surface area contributed by atoms with E-state index in [0.717, 1.165) is 5.56 Å². The van der Waals surface area contributed by atoms with Gasteiger partial charge in [0.15, 0.2) is 6.29 Å². The Kier molecular flexibility index (Phi) is 7.23. The Morgan fingerprint density at radius 3 is 2.12 bits per heavy atom. The van der Waals surface area contributed by atoms with Crippen molar-refractivity contribution in [1.29, 1.82) is 0 Å². The first-order valence-electron chi connectivity index (χ1n) is 9.58. The molecule has 0 amide bonds. The third-order valence-electron chi connectivity index (χ3n) is 5.50. The molecule has 0 N–H and O–H groups in total. The molecule has 0 aliphatic carbocycles. The smallest absolute Gasteiger partial charge is 0.349 e. The van der Waals surface area contributed by atoms with Gasteiger partial charge in [0.05, 0.1) is 13.2 Å². The number of rotatable bonds is 7. The SMILES string of the molecule is CO[C@@]1(C)O[C@@H]2[C@H](OCc3ccccc3)OC[C@@H](OS(=O)(=O)C(F)(F)F)[C@H]2O[C@]1(C)OC. The first-order valence-corrected chi connectivity index (χ1v) is 11.0. The molecule has 0 aromatic heterocycles. The average Bonchev–Trinajstić information content (AvgIpc) is 2.74. The third kappa shape index (κ3) is 4.80. The Balaban J connectivity index is 1.88. The van der Waals surface area contributed by atoms with Crippen LogP contribution in [0.1, 0.15) is 19.4 Å². The first-order chi connectivity index (χ1) is 14.9. The molecule has 0 spiro atoms. The molecule has 2 heterocycles. The van der Waals surface area contributed by atoms with Crippen LogP contribution >= 0.6 is 0 Å². The lowest BCUT2D eigenvalue weighted by Crippen LogP contribution is -2.71. The summed E-state index contributed by atoms with van der Waals surface area (Å²) in [6.45, 7) is 2.47. The number of methoxy groups -OCH3 is 2. The van der Waals surface area contributed by atoms with E-state index in [-0.39, 0.29) is 6.61 Å². The predicted molar refractivity (Wildman–Crippen MR) is 101 cm³/mol. The number of hydrogen-bond donors (Lipinski definition) is 0. The van der Waals surface area contributed by atoms with Crippen molar-refractivity contribution in [3.05, 3.63) is 35.9 Å². The summed E-state index contributed by atoms with van der Waals surface area (Å²) >= 11 is 0. The molecule has 1 aromatic carbocycles. The van der Waals surface area contributed by atoms with E-state index in [9.17, 15) is 21.6 Å². The van der Waals surface area contributed by atoms with Gasteiger partial charge in [-0.1, -0.05) is 30.3 Å². The lowest BCUT2D eigenvalue weighted by molar-refractivity contribution is -0.478. The topological polar surface area (TPSA) is 98.8 Å². The van der Waals surface area contributed by atoms with Gasteiger partial charge in [0.1, 0.15) is 18.3 Å². The van der Waals surface area contributed by atoms with E-state index in [4.69, 9.17) is 28.4 Å². The Bertz CT molecular complexity index is 882. The monoisotopic (exact) mass is 486 g/mol. The van der Waals surface area contributed by atoms with Crippen LogP contribution in [0.3, 0.4) is 0 Å². The van der Waals surface area contributed by atoms with E-state index in [0.29, 0.717) is 0 Å². The second-order valence-electron chi connectivity index (χ2n) is 7.50. The summed E-state index contributed by atoms with van der Waals surface area (Å²) in [5.41, 5.74) is -4.82. The van der Waals surface area contributed by atoms with Crippen LogP contribution in [0.2, 0.25) is 0 Å². The summed E-state index contributed by atoms with van der Waals surface area (Å²) in [6.07, 6.45) is -5.35. The summed E-state index contributed by atoms with van der Waals surface area (Å²) < 4.78 is 100. The van der Waals surface area contributed by atoms with Gasteiger partial charge in [-0.15, -0.1) is 0 Å². The first kappa shape index (κ1) is 25.3. The molecule has 9 nitrogen and oxygen atoms in total. The van der Waals surface area contributed by atoms with Crippen LogP contribution in [-0.2, 0) is 49.3 Å². The Morgan fingerprint density at radius 1 is 1.03 bits per heavy atom. The molecule has 3 rings (SSSR count). The molecule has 32 heavy (non-hydrogen) atoms. The van der Waals surface area contributed by atoms with E-state index in [1.807, 2.05) is 18.2 Å². The maximum Gasteiger partial charge on any atom is 0.523 e. The van der Waals surface area contributed by atoms with Gasteiger partial charge in [0.25, 0.3) is 0 Å². The highest BCUT2D eigenvalue weighted by atomic mass is 32.2. The molecule has 182 valence electrons. The highest BCUT2D eigenvalue weighted by Gasteiger charge is 2.63. The molecule has 0 saturated carbocycles. The van der Waals surface area contributed by atoms with E-state index in [1.165, 1.54) is 28.1 Å². The largest absolute Gasteiger partial charge is 0.523 e. The zero-order chi connectivity index (χ0) is 23.8. The summed E-state index contributed by atoms with van der Waals surface area (Å²) in [7, 11) is -3.32. The molecule has 0 bridgehead atoms. The summed E-state index contributed by atoms with van der Waals surface area (Å²) in [5, 5.41) is 0. The lowest BCUT2D eigenvalue weighted by atomic mass is 9.98. The van der Waals surface area contributed by atoms with Crippen LogP contribution in [-0.4, -0.2) is 70.9 Å². The van der Waals surface area contributed by atoms with Crippen molar-refractivity contribution in [1.82, 2.24) is 0 Å². The second-order valence-corrected chi connectivity index (χ2v) is 9.06. The fourth-order valence-corrected chi connectivity index (χ4v) is 4.01. The number of fused-ring (bicyclic) bond motifs is 1. The quantitative estimate of drug-likeness (QED) is 0.425. The van der Waals surface area contributed by atoms with Crippen LogP contribution in [0.15, 0.2) is 30.3 Å². The Hall–Kier alpha value is -1.32. The van der Waals surface area contributed by atoms with Gasteiger partial charge in [-0.3, -0.25) is 4.18 Å². The Labute approximate surface area is 183 Å². The van der Waals surface area contributed by atoms with E-state index in [1.54, 1.807) is 12.1 Å². The number of ether oxygens (including phenoxy) is 6. The van der Waals surface area contributed by atoms with Crippen molar-refractivity contribution in [3.63, 3.8) is 0 Å². The standard InChI is InChI=1S/C19H25F3O9S/c1-17(25-3)18(2,26-4)30-15-14(29-17)13(31-32(23,24)19(20,21)22)11-28-16(15)27-10-12-8-6-5-7-9-12/h5-9,13-16H,10-11H2,1-4H3/t13-,14-,15+,16-,17+,18+/m1/s1. The van der Waals surface area contributed by atoms with Gasteiger partial charge >= 0.3 is 15.6 Å². The fourth-order valence-electron chi connectivity index (χ4n) is 3.41. The van der Waals surface area contributed by atoms with Gasteiger partial charge in [0, 0.05) is 14.2 Å². The predicted octanol–water partition coefficient (Wildman–Crippen LogP) is 2.30. The number of halogens is 3. The van der Waals surface area contributed by atoms with Gasteiger partial charge in [-0.05, 0) is 19.4 Å². The molecule has 2 aliphatic heterocycles. The number of alkyl halides is 3. The molecule has 0 unspecified atom stereocenters. The molecule has 2 fully saturated rings. The van der Waals surface area contributed by atoms with Crippen molar-refractivity contribution >= 4 is 10.1 Å². The van der Waals surface area contributed by atoms with Crippen molar-refractivity contribution in [2.45, 2.75) is 62.1 Å². The second kappa shape index (κ2) is 9.14. The summed E-state index contributed by atoms with van der Waals surface area (Å²) in [6, 6.07) is 9.05.